The summed E-state index contributed by atoms with van der Waals surface area (Å²) in [7, 11) is 0. The summed E-state index contributed by atoms with van der Waals surface area (Å²) in [6, 6.07) is 9.52. The van der Waals surface area contributed by atoms with Crippen molar-refractivity contribution in [3.63, 3.8) is 0 Å². The lowest BCUT2D eigenvalue weighted by molar-refractivity contribution is -0.122. The van der Waals surface area contributed by atoms with Gasteiger partial charge in [0.25, 0.3) is 0 Å². The molecular weight excluding hydrogens is 339 g/mol. The van der Waals surface area contributed by atoms with Crippen LogP contribution in [-0.2, 0) is 11.2 Å². The van der Waals surface area contributed by atoms with E-state index < -0.39 is 11.9 Å². The normalized spacial score (nSPS) is 18.0. The van der Waals surface area contributed by atoms with Crippen molar-refractivity contribution in [2.75, 3.05) is 18.0 Å². The van der Waals surface area contributed by atoms with E-state index in [1.807, 2.05) is 28.5 Å². The minimum atomic E-state index is -0.576. The minimum absolute atomic E-state index is 0.0292. The molecule has 2 aromatic rings. The SMILES string of the molecule is N#Cc1cc(F)ccc1N1CCC(NC(=O)C(N)Cc2cccs2)C1. The highest BCUT2D eigenvalue weighted by molar-refractivity contribution is 7.09. The van der Waals surface area contributed by atoms with Crippen LogP contribution in [0.3, 0.4) is 0 Å². The molecule has 3 rings (SSSR count). The van der Waals surface area contributed by atoms with E-state index in [0.717, 1.165) is 11.3 Å². The number of hydrogen-bond donors (Lipinski definition) is 2. The first-order chi connectivity index (χ1) is 12.1. The zero-order chi connectivity index (χ0) is 17.8. The molecule has 2 heterocycles. The van der Waals surface area contributed by atoms with Crippen molar-refractivity contribution < 1.29 is 9.18 Å². The highest BCUT2D eigenvalue weighted by Crippen LogP contribution is 2.25. The Labute approximate surface area is 149 Å². The Hall–Kier alpha value is -2.43. The largest absolute Gasteiger partial charge is 0.368 e. The van der Waals surface area contributed by atoms with Crippen LogP contribution < -0.4 is 16.0 Å². The Bertz CT molecular complexity index is 787. The van der Waals surface area contributed by atoms with Gasteiger partial charge in [-0.3, -0.25) is 4.79 Å². The third-order valence-corrected chi connectivity index (χ3v) is 5.19. The van der Waals surface area contributed by atoms with Crippen molar-refractivity contribution in [3.8, 4) is 6.07 Å². The number of nitriles is 1. The second kappa shape index (κ2) is 7.64. The molecule has 1 fully saturated rings. The third kappa shape index (κ3) is 4.16. The van der Waals surface area contributed by atoms with Gasteiger partial charge in [0.05, 0.1) is 17.3 Å². The molecular formula is C18H19FN4OS. The molecule has 7 heteroatoms. The molecule has 2 unspecified atom stereocenters. The maximum atomic E-state index is 13.3. The van der Waals surface area contributed by atoms with E-state index in [9.17, 15) is 14.4 Å². The molecule has 130 valence electrons. The van der Waals surface area contributed by atoms with Gasteiger partial charge in [-0.2, -0.15) is 5.26 Å². The molecule has 0 radical (unpaired) electrons. The average Bonchev–Trinajstić information content (AvgIpc) is 3.26. The lowest BCUT2D eigenvalue weighted by Crippen LogP contribution is -2.47. The monoisotopic (exact) mass is 358 g/mol. The number of nitrogens with one attached hydrogen (secondary N) is 1. The van der Waals surface area contributed by atoms with Gasteiger partial charge in [-0.1, -0.05) is 6.07 Å². The van der Waals surface area contributed by atoms with E-state index >= 15 is 0 Å². The predicted molar refractivity (Wildman–Crippen MR) is 95.9 cm³/mol. The first-order valence-corrected chi connectivity index (χ1v) is 8.97. The number of hydrogen-bond acceptors (Lipinski definition) is 5. The van der Waals surface area contributed by atoms with E-state index in [-0.39, 0.29) is 11.9 Å². The van der Waals surface area contributed by atoms with E-state index in [1.165, 1.54) is 12.1 Å². The molecule has 1 aliphatic rings. The summed E-state index contributed by atoms with van der Waals surface area (Å²) < 4.78 is 13.3. The van der Waals surface area contributed by atoms with Crippen LogP contribution in [0.4, 0.5) is 10.1 Å². The van der Waals surface area contributed by atoms with Gasteiger partial charge in [-0.05, 0) is 36.1 Å². The molecule has 0 saturated carbocycles. The Morgan fingerprint density at radius 3 is 3.08 bits per heavy atom. The number of carbonyl (C=O) groups is 1. The fourth-order valence-corrected chi connectivity index (χ4v) is 3.78. The molecule has 1 amide bonds. The average molecular weight is 358 g/mol. The van der Waals surface area contributed by atoms with Crippen LogP contribution in [0.15, 0.2) is 35.7 Å². The van der Waals surface area contributed by atoms with Crippen LogP contribution in [0.2, 0.25) is 0 Å². The van der Waals surface area contributed by atoms with E-state index in [2.05, 4.69) is 5.32 Å². The standard InChI is InChI=1S/C18H19FN4OS/c19-13-3-4-17(12(8-13)10-20)23-6-5-14(11-23)22-18(24)16(21)9-15-2-1-7-25-15/h1-4,7-8,14,16H,5-6,9,11,21H2,(H,22,24). The number of rotatable bonds is 5. The Morgan fingerprint density at radius 2 is 2.36 bits per heavy atom. The van der Waals surface area contributed by atoms with Crippen molar-refractivity contribution in [2.24, 2.45) is 5.73 Å². The van der Waals surface area contributed by atoms with Gasteiger partial charge in [0, 0.05) is 30.4 Å². The van der Waals surface area contributed by atoms with Crippen molar-refractivity contribution in [3.05, 3.63) is 52.0 Å². The summed E-state index contributed by atoms with van der Waals surface area (Å²) in [4.78, 5) is 15.4. The van der Waals surface area contributed by atoms with Gasteiger partial charge >= 0.3 is 0 Å². The second-order valence-electron chi connectivity index (χ2n) is 6.10. The number of nitrogens with two attached hydrogens (primary N) is 1. The van der Waals surface area contributed by atoms with Crippen molar-refractivity contribution in [1.82, 2.24) is 5.32 Å². The number of halogens is 1. The summed E-state index contributed by atoms with van der Waals surface area (Å²) in [5.74, 6) is -0.594. The molecule has 5 nitrogen and oxygen atoms in total. The Kier molecular flexibility index (Phi) is 5.31. The summed E-state index contributed by atoms with van der Waals surface area (Å²) in [6.45, 7) is 1.28. The van der Waals surface area contributed by atoms with Crippen LogP contribution in [-0.4, -0.2) is 31.1 Å². The number of thiophene rings is 1. The second-order valence-corrected chi connectivity index (χ2v) is 7.14. The lowest BCUT2D eigenvalue weighted by atomic mass is 10.1. The molecule has 1 aromatic heterocycles. The van der Waals surface area contributed by atoms with Crippen molar-refractivity contribution in [2.45, 2.75) is 24.9 Å². The lowest BCUT2D eigenvalue weighted by Gasteiger charge is -2.21. The molecule has 0 bridgehead atoms. The van der Waals surface area contributed by atoms with E-state index in [4.69, 9.17) is 5.73 Å². The molecule has 1 aliphatic heterocycles. The summed E-state index contributed by atoms with van der Waals surface area (Å²) in [5, 5.41) is 14.1. The summed E-state index contributed by atoms with van der Waals surface area (Å²) in [5.41, 5.74) is 7.00. The third-order valence-electron chi connectivity index (χ3n) is 4.29. The fourth-order valence-electron chi connectivity index (χ4n) is 3.02. The zero-order valence-electron chi connectivity index (χ0n) is 13.6. The number of benzene rings is 1. The number of nitrogens with zero attached hydrogens (tertiary/aromatic N) is 2. The van der Waals surface area contributed by atoms with Crippen LogP contribution in [0.1, 0.15) is 16.9 Å². The van der Waals surface area contributed by atoms with Gasteiger partial charge in [0.2, 0.25) is 5.91 Å². The Morgan fingerprint density at radius 1 is 1.52 bits per heavy atom. The quantitative estimate of drug-likeness (QED) is 0.857. The van der Waals surface area contributed by atoms with Crippen LogP contribution >= 0.6 is 11.3 Å². The van der Waals surface area contributed by atoms with Crippen molar-refractivity contribution >= 4 is 22.9 Å². The predicted octanol–water partition coefficient (Wildman–Crippen LogP) is 2.02. The van der Waals surface area contributed by atoms with Crippen molar-refractivity contribution in [1.29, 1.82) is 5.26 Å². The van der Waals surface area contributed by atoms with E-state index in [0.29, 0.717) is 30.8 Å². The highest BCUT2D eigenvalue weighted by Gasteiger charge is 2.27. The number of carbonyl (C=O) groups excluding carboxylic acids is 1. The number of amides is 1. The van der Waals surface area contributed by atoms with Crippen LogP contribution in [0, 0.1) is 17.1 Å². The maximum absolute atomic E-state index is 13.3. The molecule has 1 aromatic carbocycles. The first kappa shape index (κ1) is 17.4. The van der Waals surface area contributed by atoms with Gasteiger partial charge in [-0.25, -0.2) is 4.39 Å². The van der Waals surface area contributed by atoms with Crippen LogP contribution in [0.5, 0.6) is 0 Å². The number of anilines is 1. The summed E-state index contributed by atoms with van der Waals surface area (Å²) in [6.07, 6.45) is 1.29. The molecule has 0 spiro atoms. The fraction of sp³-hybridized carbons (Fsp3) is 0.333. The maximum Gasteiger partial charge on any atom is 0.237 e. The molecule has 2 atom stereocenters. The molecule has 3 N–H and O–H groups in total. The van der Waals surface area contributed by atoms with Gasteiger partial charge in [-0.15, -0.1) is 11.3 Å². The topological polar surface area (TPSA) is 82.2 Å². The molecule has 25 heavy (non-hydrogen) atoms. The molecule has 0 aliphatic carbocycles. The van der Waals surface area contributed by atoms with Crippen LogP contribution in [0.25, 0.3) is 0 Å². The molecule has 1 saturated heterocycles. The first-order valence-electron chi connectivity index (χ1n) is 8.09. The zero-order valence-corrected chi connectivity index (χ0v) is 14.4. The smallest absolute Gasteiger partial charge is 0.237 e. The van der Waals surface area contributed by atoms with Gasteiger partial charge < -0.3 is 16.0 Å². The highest BCUT2D eigenvalue weighted by atomic mass is 32.1. The minimum Gasteiger partial charge on any atom is -0.368 e. The summed E-state index contributed by atoms with van der Waals surface area (Å²) >= 11 is 1.58. The Balaban J connectivity index is 1.58. The van der Waals surface area contributed by atoms with Gasteiger partial charge in [0.1, 0.15) is 11.9 Å². The van der Waals surface area contributed by atoms with Gasteiger partial charge in [0.15, 0.2) is 0 Å². The van der Waals surface area contributed by atoms with E-state index in [1.54, 1.807) is 17.4 Å².